The monoisotopic (exact) mass is 223 g/mol. The largest absolute Gasteiger partial charge is 0.313 e. The van der Waals surface area contributed by atoms with Crippen LogP contribution in [0.4, 0.5) is 0 Å². The van der Waals surface area contributed by atoms with Crippen LogP contribution in [0.5, 0.6) is 0 Å². The lowest BCUT2D eigenvalue weighted by atomic mass is 10.0. The van der Waals surface area contributed by atoms with Crippen LogP contribution in [0.1, 0.15) is 32.1 Å². The van der Waals surface area contributed by atoms with Gasteiger partial charge in [0.25, 0.3) is 0 Å². The summed E-state index contributed by atoms with van der Waals surface area (Å²) < 4.78 is 0. The molecule has 0 radical (unpaired) electrons. The molecule has 3 nitrogen and oxygen atoms in total. The van der Waals surface area contributed by atoms with Gasteiger partial charge in [-0.15, -0.1) is 0 Å². The Bertz CT molecular complexity index is 237. The van der Waals surface area contributed by atoms with Crippen molar-refractivity contribution < 1.29 is 0 Å². The van der Waals surface area contributed by atoms with Crippen molar-refractivity contribution in [1.82, 2.24) is 15.1 Å². The fourth-order valence-corrected chi connectivity index (χ4v) is 3.97. The Labute approximate surface area is 99.2 Å². The second-order valence-electron chi connectivity index (χ2n) is 5.83. The molecule has 0 bridgehead atoms. The predicted molar refractivity (Wildman–Crippen MR) is 66.7 cm³/mol. The minimum atomic E-state index is 0.764. The lowest BCUT2D eigenvalue weighted by Crippen LogP contribution is -2.45. The summed E-state index contributed by atoms with van der Waals surface area (Å²) in [5.41, 5.74) is 0. The van der Waals surface area contributed by atoms with Crippen LogP contribution in [0.25, 0.3) is 0 Å². The van der Waals surface area contributed by atoms with Gasteiger partial charge in [0.15, 0.2) is 0 Å². The van der Waals surface area contributed by atoms with E-state index in [-0.39, 0.29) is 0 Å². The molecule has 3 atom stereocenters. The van der Waals surface area contributed by atoms with E-state index < -0.39 is 0 Å². The lowest BCUT2D eigenvalue weighted by Gasteiger charge is -2.31. The van der Waals surface area contributed by atoms with E-state index in [1.54, 1.807) is 0 Å². The first-order valence-electron chi connectivity index (χ1n) is 7.02. The van der Waals surface area contributed by atoms with E-state index in [1.807, 2.05) is 0 Å². The molecule has 0 aromatic carbocycles. The van der Waals surface area contributed by atoms with Crippen molar-refractivity contribution in [3.05, 3.63) is 0 Å². The molecule has 3 heteroatoms. The third-order valence-electron chi connectivity index (χ3n) is 4.81. The van der Waals surface area contributed by atoms with Gasteiger partial charge in [0.1, 0.15) is 0 Å². The minimum Gasteiger partial charge on any atom is -0.313 e. The van der Waals surface area contributed by atoms with E-state index >= 15 is 0 Å². The zero-order valence-electron chi connectivity index (χ0n) is 10.5. The van der Waals surface area contributed by atoms with E-state index in [2.05, 4.69) is 22.2 Å². The number of nitrogens with zero attached hydrogens (tertiary/aromatic N) is 2. The Morgan fingerprint density at radius 3 is 2.94 bits per heavy atom. The molecule has 3 aliphatic rings. The number of rotatable bonds is 3. The molecule has 3 rings (SSSR count). The van der Waals surface area contributed by atoms with E-state index in [9.17, 15) is 0 Å². The SMILES string of the molecule is CN(CC1CCCN1)C1CCN2CCCC12. The van der Waals surface area contributed by atoms with Gasteiger partial charge in [-0.25, -0.2) is 0 Å². The van der Waals surface area contributed by atoms with Crippen molar-refractivity contribution >= 4 is 0 Å². The van der Waals surface area contributed by atoms with Gasteiger partial charge in [0.05, 0.1) is 0 Å². The summed E-state index contributed by atoms with van der Waals surface area (Å²) in [6, 6.07) is 2.48. The third kappa shape index (κ3) is 2.01. The van der Waals surface area contributed by atoms with Crippen LogP contribution in [0.2, 0.25) is 0 Å². The highest BCUT2D eigenvalue weighted by Gasteiger charge is 2.39. The average Bonchev–Trinajstić information content (AvgIpc) is 2.92. The Kier molecular flexibility index (Phi) is 3.18. The maximum atomic E-state index is 3.62. The highest BCUT2D eigenvalue weighted by atomic mass is 15.3. The van der Waals surface area contributed by atoms with Crippen molar-refractivity contribution in [2.24, 2.45) is 0 Å². The molecule has 3 heterocycles. The van der Waals surface area contributed by atoms with E-state index in [4.69, 9.17) is 0 Å². The Balaban J connectivity index is 1.55. The molecule has 0 spiro atoms. The molecule has 0 saturated carbocycles. The molecule has 1 N–H and O–H groups in total. The zero-order chi connectivity index (χ0) is 11.0. The molecule has 3 saturated heterocycles. The van der Waals surface area contributed by atoms with Crippen molar-refractivity contribution in [2.75, 3.05) is 33.2 Å². The summed E-state index contributed by atoms with van der Waals surface area (Å²) in [5, 5.41) is 3.62. The number of likely N-dealkylation sites (N-methyl/N-ethyl adjacent to an activating group) is 1. The van der Waals surface area contributed by atoms with Gasteiger partial charge in [0, 0.05) is 31.2 Å². The summed E-state index contributed by atoms with van der Waals surface area (Å²) in [6.07, 6.45) is 7.02. The van der Waals surface area contributed by atoms with Crippen LogP contribution in [0.15, 0.2) is 0 Å². The highest BCUT2D eigenvalue weighted by Crippen LogP contribution is 2.30. The second-order valence-corrected chi connectivity index (χ2v) is 5.83. The first-order chi connectivity index (χ1) is 7.84. The maximum absolute atomic E-state index is 3.62. The Morgan fingerprint density at radius 2 is 2.12 bits per heavy atom. The van der Waals surface area contributed by atoms with Crippen LogP contribution >= 0.6 is 0 Å². The quantitative estimate of drug-likeness (QED) is 0.767. The minimum absolute atomic E-state index is 0.764. The number of nitrogens with one attached hydrogen (secondary N) is 1. The Hall–Kier alpha value is -0.120. The number of hydrogen-bond acceptors (Lipinski definition) is 3. The summed E-state index contributed by atoms with van der Waals surface area (Å²) in [4.78, 5) is 5.35. The molecule has 0 amide bonds. The van der Waals surface area contributed by atoms with Crippen LogP contribution < -0.4 is 5.32 Å². The van der Waals surface area contributed by atoms with Crippen molar-refractivity contribution in [3.8, 4) is 0 Å². The van der Waals surface area contributed by atoms with Gasteiger partial charge in [-0.1, -0.05) is 0 Å². The molecule has 16 heavy (non-hydrogen) atoms. The van der Waals surface area contributed by atoms with Gasteiger partial charge >= 0.3 is 0 Å². The Morgan fingerprint density at radius 1 is 1.19 bits per heavy atom. The van der Waals surface area contributed by atoms with Gasteiger partial charge in [-0.2, -0.15) is 0 Å². The van der Waals surface area contributed by atoms with Gasteiger partial charge in [-0.3, -0.25) is 4.90 Å². The molecule has 92 valence electrons. The van der Waals surface area contributed by atoms with Crippen LogP contribution in [0, 0.1) is 0 Å². The summed E-state index contributed by atoms with van der Waals surface area (Å²) >= 11 is 0. The summed E-state index contributed by atoms with van der Waals surface area (Å²) in [6.45, 7) is 5.20. The average molecular weight is 223 g/mol. The molecular formula is C13H25N3. The van der Waals surface area contributed by atoms with Crippen molar-refractivity contribution in [2.45, 2.75) is 50.2 Å². The topological polar surface area (TPSA) is 18.5 Å². The summed E-state index contributed by atoms with van der Waals surface area (Å²) in [7, 11) is 2.34. The first-order valence-corrected chi connectivity index (χ1v) is 7.02. The third-order valence-corrected chi connectivity index (χ3v) is 4.81. The number of fused-ring (bicyclic) bond motifs is 1. The molecule has 3 unspecified atom stereocenters. The van der Waals surface area contributed by atoms with Crippen molar-refractivity contribution in [3.63, 3.8) is 0 Å². The summed E-state index contributed by atoms with van der Waals surface area (Å²) in [5.74, 6) is 0. The zero-order valence-corrected chi connectivity index (χ0v) is 10.5. The first kappa shape index (κ1) is 11.0. The maximum Gasteiger partial charge on any atom is 0.0261 e. The van der Waals surface area contributed by atoms with Crippen molar-refractivity contribution in [1.29, 1.82) is 0 Å². The lowest BCUT2D eigenvalue weighted by molar-refractivity contribution is 0.180. The fourth-order valence-electron chi connectivity index (χ4n) is 3.97. The van der Waals surface area contributed by atoms with Crippen LogP contribution in [-0.4, -0.2) is 61.2 Å². The van der Waals surface area contributed by atoms with Crippen LogP contribution in [0.3, 0.4) is 0 Å². The highest BCUT2D eigenvalue weighted by molar-refractivity contribution is 4.96. The van der Waals surface area contributed by atoms with E-state index in [0.29, 0.717) is 0 Å². The van der Waals surface area contributed by atoms with E-state index in [0.717, 1.165) is 18.1 Å². The van der Waals surface area contributed by atoms with Gasteiger partial charge in [0.2, 0.25) is 0 Å². The predicted octanol–water partition coefficient (Wildman–Crippen LogP) is 0.907. The molecule has 3 aliphatic heterocycles. The number of hydrogen-bond donors (Lipinski definition) is 1. The second kappa shape index (κ2) is 4.63. The standard InChI is InChI=1S/C13H25N3/c1-15(10-11-4-2-7-14-11)12-6-9-16-8-3-5-13(12)16/h11-14H,2-10H2,1H3. The molecule has 0 aliphatic carbocycles. The van der Waals surface area contributed by atoms with E-state index in [1.165, 1.54) is 58.3 Å². The normalized spacial score (nSPS) is 39.8. The molecule has 0 aromatic heterocycles. The van der Waals surface area contributed by atoms with Gasteiger partial charge in [-0.05, 0) is 52.2 Å². The molecular weight excluding hydrogens is 198 g/mol. The smallest absolute Gasteiger partial charge is 0.0261 e. The molecule has 0 aromatic rings. The van der Waals surface area contributed by atoms with Crippen LogP contribution in [-0.2, 0) is 0 Å². The fraction of sp³-hybridized carbons (Fsp3) is 1.00. The molecule has 3 fully saturated rings. The van der Waals surface area contributed by atoms with Gasteiger partial charge < -0.3 is 10.2 Å².